The number of benzene rings is 1. The maximum absolute atomic E-state index is 12.8. The highest BCUT2D eigenvalue weighted by molar-refractivity contribution is 6.20. The summed E-state index contributed by atoms with van der Waals surface area (Å²) in [6.45, 7) is 7.52. The molecule has 28 heavy (non-hydrogen) atoms. The molecule has 150 valence electrons. The number of ether oxygens (including phenoxy) is 1. The Bertz CT molecular complexity index is 793. The predicted molar refractivity (Wildman–Crippen MR) is 98.2 cm³/mol. The molecule has 2 heterocycles. The van der Waals surface area contributed by atoms with Gasteiger partial charge in [-0.3, -0.25) is 14.5 Å². The van der Waals surface area contributed by atoms with Crippen LogP contribution in [0.15, 0.2) is 24.3 Å². The molecule has 0 spiro atoms. The van der Waals surface area contributed by atoms with Crippen molar-refractivity contribution in [3.05, 3.63) is 35.4 Å². The van der Waals surface area contributed by atoms with Gasteiger partial charge >= 0.3 is 12.1 Å². The van der Waals surface area contributed by atoms with Crippen LogP contribution in [0.2, 0.25) is 0 Å². The van der Waals surface area contributed by atoms with E-state index in [2.05, 4.69) is 0 Å². The lowest BCUT2D eigenvalue weighted by Crippen LogP contribution is -2.53. The summed E-state index contributed by atoms with van der Waals surface area (Å²) >= 11 is 0. The molecule has 0 aromatic heterocycles. The number of carbonyl (C=O) groups excluding carboxylic acids is 4. The normalized spacial score (nSPS) is 22.1. The second-order valence-electron chi connectivity index (χ2n) is 8.18. The highest BCUT2D eigenvalue weighted by Gasteiger charge is 2.43. The van der Waals surface area contributed by atoms with Crippen LogP contribution in [0.5, 0.6) is 0 Å². The highest BCUT2D eigenvalue weighted by Crippen LogP contribution is 2.28. The van der Waals surface area contributed by atoms with Crippen molar-refractivity contribution in [3.63, 3.8) is 0 Å². The molecule has 2 unspecified atom stereocenters. The van der Waals surface area contributed by atoms with E-state index in [1.807, 2.05) is 6.92 Å². The summed E-state index contributed by atoms with van der Waals surface area (Å²) < 4.78 is 5.39. The van der Waals surface area contributed by atoms with Gasteiger partial charge in [0.25, 0.3) is 11.8 Å². The first-order valence-corrected chi connectivity index (χ1v) is 9.27. The molecule has 0 bridgehead atoms. The van der Waals surface area contributed by atoms with Gasteiger partial charge in [0.05, 0.1) is 11.1 Å². The molecule has 2 aliphatic rings. The number of hydroxylamine groups is 2. The van der Waals surface area contributed by atoms with Crippen LogP contribution in [0.1, 0.15) is 61.3 Å². The number of piperidine rings is 1. The molecular formula is C20H24N2O6. The maximum Gasteiger partial charge on any atom is 0.411 e. The van der Waals surface area contributed by atoms with E-state index < -0.39 is 35.5 Å². The van der Waals surface area contributed by atoms with E-state index in [0.29, 0.717) is 18.0 Å². The van der Waals surface area contributed by atoms with Gasteiger partial charge in [-0.05, 0) is 51.7 Å². The van der Waals surface area contributed by atoms with Gasteiger partial charge in [-0.25, -0.2) is 9.59 Å². The zero-order valence-electron chi connectivity index (χ0n) is 16.4. The number of amides is 3. The number of fused-ring (bicyclic) bond motifs is 1. The van der Waals surface area contributed by atoms with E-state index in [1.54, 1.807) is 32.9 Å². The third-order valence-corrected chi connectivity index (χ3v) is 4.70. The van der Waals surface area contributed by atoms with Crippen LogP contribution in [0.3, 0.4) is 0 Å². The van der Waals surface area contributed by atoms with Crippen molar-refractivity contribution in [2.75, 3.05) is 6.54 Å². The fourth-order valence-corrected chi connectivity index (χ4v) is 3.30. The Balaban J connectivity index is 1.77. The molecule has 1 saturated heterocycles. The molecule has 2 atom stereocenters. The van der Waals surface area contributed by atoms with Crippen LogP contribution in [-0.2, 0) is 14.4 Å². The van der Waals surface area contributed by atoms with E-state index in [9.17, 15) is 19.2 Å². The summed E-state index contributed by atoms with van der Waals surface area (Å²) in [4.78, 5) is 56.6. The van der Waals surface area contributed by atoms with E-state index in [4.69, 9.17) is 9.57 Å². The van der Waals surface area contributed by atoms with Gasteiger partial charge in [-0.15, -0.1) is 0 Å². The predicted octanol–water partition coefficient (Wildman–Crippen LogP) is 2.78. The maximum atomic E-state index is 12.8. The smallest absolute Gasteiger partial charge is 0.411 e. The summed E-state index contributed by atoms with van der Waals surface area (Å²) in [5, 5.41) is 0.472. The molecule has 0 N–H and O–H groups in total. The monoisotopic (exact) mass is 388 g/mol. The van der Waals surface area contributed by atoms with Gasteiger partial charge in [-0.1, -0.05) is 24.1 Å². The first-order chi connectivity index (χ1) is 13.1. The Morgan fingerprint density at radius 1 is 1.07 bits per heavy atom. The topological polar surface area (TPSA) is 93.2 Å². The molecule has 8 nitrogen and oxygen atoms in total. The SMILES string of the molecule is CC1CCN(C(=O)OC(C)(C)C)C(C(=O)ON2C(=O)c3ccccc3C2=O)C1. The zero-order chi connectivity index (χ0) is 20.6. The van der Waals surface area contributed by atoms with Gasteiger partial charge in [0.1, 0.15) is 11.6 Å². The van der Waals surface area contributed by atoms with Crippen molar-refractivity contribution in [2.45, 2.75) is 52.2 Å². The molecule has 0 radical (unpaired) electrons. The minimum Gasteiger partial charge on any atom is -0.444 e. The van der Waals surface area contributed by atoms with E-state index in [-0.39, 0.29) is 17.0 Å². The van der Waals surface area contributed by atoms with Crippen molar-refractivity contribution >= 4 is 23.9 Å². The lowest BCUT2D eigenvalue weighted by molar-refractivity contribution is -0.176. The Hall–Kier alpha value is -2.90. The molecule has 0 saturated carbocycles. The third-order valence-electron chi connectivity index (χ3n) is 4.70. The molecule has 3 rings (SSSR count). The van der Waals surface area contributed by atoms with Crippen LogP contribution < -0.4 is 0 Å². The summed E-state index contributed by atoms with van der Waals surface area (Å²) in [6, 6.07) is 5.33. The van der Waals surface area contributed by atoms with E-state index >= 15 is 0 Å². The summed E-state index contributed by atoms with van der Waals surface area (Å²) in [5.74, 6) is -2.03. The molecule has 0 aliphatic carbocycles. The fourth-order valence-electron chi connectivity index (χ4n) is 3.30. The van der Waals surface area contributed by atoms with Crippen LogP contribution in [-0.4, -0.2) is 52.0 Å². The van der Waals surface area contributed by atoms with Crippen molar-refractivity contribution < 1.29 is 28.8 Å². The second-order valence-corrected chi connectivity index (χ2v) is 8.18. The van der Waals surface area contributed by atoms with Crippen molar-refractivity contribution in [1.82, 2.24) is 9.96 Å². The number of likely N-dealkylation sites (tertiary alicyclic amines) is 1. The third kappa shape index (κ3) is 3.85. The number of rotatable bonds is 2. The molecule has 2 aliphatic heterocycles. The average Bonchev–Trinajstić information content (AvgIpc) is 2.85. The fraction of sp³-hybridized carbons (Fsp3) is 0.500. The first kappa shape index (κ1) is 19.9. The van der Waals surface area contributed by atoms with Gasteiger partial charge < -0.3 is 9.57 Å². The molecule has 1 aromatic rings. The number of nitrogens with zero attached hydrogens (tertiary/aromatic N) is 2. The Kier molecular flexibility index (Phi) is 5.14. The largest absolute Gasteiger partial charge is 0.444 e. The minimum absolute atomic E-state index is 0.179. The van der Waals surface area contributed by atoms with Gasteiger partial charge in [-0.2, -0.15) is 0 Å². The van der Waals surface area contributed by atoms with Crippen LogP contribution >= 0.6 is 0 Å². The van der Waals surface area contributed by atoms with Gasteiger partial charge in [0, 0.05) is 6.54 Å². The number of carbonyl (C=O) groups is 4. The minimum atomic E-state index is -0.928. The zero-order valence-corrected chi connectivity index (χ0v) is 16.4. The first-order valence-electron chi connectivity index (χ1n) is 9.27. The Morgan fingerprint density at radius 3 is 2.18 bits per heavy atom. The summed E-state index contributed by atoms with van der Waals surface area (Å²) in [5.41, 5.74) is -0.348. The highest BCUT2D eigenvalue weighted by atomic mass is 16.7. The van der Waals surface area contributed by atoms with Gasteiger partial charge in [0.2, 0.25) is 0 Å². The summed E-state index contributed by atoms with van der Waals surface area (Å²) in [6.07, 6.45) is 0.459. The lowest BCUT2D eigenvalue weighted by atomic mass is 9.93. The average molecular weight is 388 g/mol. The number of hydrogen-bond acceptors (Lipinski definition) is 6. The van der Waals surface area contributed by atoms with Crippen molar-refractivity contribution in [3.8, 4) is 0 Å². The number of hydrogen-bond donors (Lipinski definition) is 0. The van der Waals surface area contributed by atoms with E-state index in [1.165, 1.54) is 17.0 Å². The van der Waals surface area contributed by atoms with E-state index in [0.717, 1.165) is 6.42 Å². The van der Waals surface area contributed by atoms with Crippen LogP contribution in [0, 0.1) is 5.92 Å². The molecule has 1 fully saturated rings. The number of imide groups is 1. The molecule has 3 amide bonds. The van der Waals surface area contributed by atoms with Crippen molar-refractivity contribution in [2.24, 2.45) is 5.92 Å². The molecule has 8 heteroatoms. The quantitative estimate of drug-likeness (QED) is 0.723. The van der Waals surface area contributed by atoms with Crippen molar-refractivity contribution in [1.29, 1.82) is 0 Å². The lowest BCUT2D eigenvalue weighted by Gasteiger charge is -2.37. The standard InChI is InChI=1S/C20H24N2O6/c1-12-9-10-21(19(26)27-20(2,3)4)15(11-12)18(25)28-22-16(23)13-7-5-6-8-14(13)17(22)24/h5-8,12,15H,9-11H2,1-4H3. The summed E-state index contributed by atoms with van der Waals surface area (Å²) in [7, 11) is 0. The van der Waals surface area contributed by atoms with Crippen LogP contribution in [0.25, 0.3) is 0 Å². The Labute approximate surface area is 163 Å². The van der Waals surface area contributed by atoms with Crippen LogP contribution in [0.4, 0.5) is 4.79 Å². The second kappa shape index (κ2) is 7.26. The van der Waals surface area contributed by atoms with Gasteiger partial charge in [0.15, 0.2) is 0 Å². The molecular weight excluding hydrogens is 364 g/mol. The molecule has 1 aromatic carbocycles. The Morgan fingerprint density at radius 2 is 1.64 bits per heavy atom.